The first-order valence-electron chi connectivity index (χ1n) is 4.90. The lowest BCUT2D eigenvalue weighted by molar-refractivity contribution is 0.138. The Bertz CT molecular complexity index is 325. The molecular formula is C11H15NO2. The van der Waals surface area contributed by atoms with Crippen LogP contribution in [0.2, 0.25) is 0 Å². The van der Waals surface area contributed by atoms with Crippen LogP contribution in [0.25, 0.3) is 0 Å². The van der Waals surface area contributed by atoms with Gasteiger partial charge in [-0.2, -0.15) is 0 Å². The van der Waals surface area contributed by atoms with E-state index in [0.717, 1.165) is 30.8 Å². The maximum atomic E-state index is 5.82. The molecule has 14 heavy (non-hydrogen) atoms. The molecule has 1 aliphatic rings. The largest absolute Gasteiger partial charge is 0.489 e. The predicted molar refractivity (Wildman–Crippen MR) is 53.6 cm³/mol. The Morgan fingerprint density at radius 1 is 1.57 bits per heavy atom. The van der Waals surface area contributed by atoms with Crippen molar-refractivity contribution in [3.8, 4) is 5.75 Å². The quantitative estimate of drug-likeness (QED) is 0.732. The summed E-state index contributed by atoms with van der Waals surface area (Å²) in [5.41, 5.74) is 2.36. The topological polar surface area (TPSA) is 31.4 Å². The van der Waals surface area contributed by atoms with E-state index in [0.29, 0.717) is 0 Å². The average Bonchev–Trinajstić information content (AvgIpc) is 2.59. The molecule has 0 saturated heterocycles. The van der Waals surface area contributed by atoms with Crippen molar-refractivity contribution in [1.82, 2.24) is 4.98 Å². The van der Waals surface area contributed by atoms with Gasteiger partial charge in [0.25, 0.3) is 0 Å². The summed E-state index contributed by atoms with van der Waals surface area (Å²) in [5.74, 6) is 1.03. The molecule has 0 bridgehead atoms. The maximum Gasteiger partial charge on any atom is 0.129 e. The standard InChI is InChI=1S/C11H15NO2/c1-8-6-12-7-9-5-10(3-4-13-2)14-11(8)9/h6-7,10H,3-5H2,1-2H3. The molecule has 76 valence electrons. The summed E-state index contributed by atoms with van der Waals surface area (Å²) in [7, 11) is 1.72. The Kier molecular flexibility index (Phi) is 2.68. The van der Waals surface area contributed by atoms with Gasteiger partial charge in [-0.1, -0.05) is 0 Å². The van der Waals surface area contributed by atoms with Crippen LogP contribution in [0.3, 0.4) is 0 Å². The van der Waals surface area contributed by atoms with Crippen LogP contribution in [0, 0.1) is 6.92 Å². The second kappa shape index (κ2) is 3.96. The molecule has 0 aromatic carbocycles. The Morgan fingerprint density at radius 2 is 2.43 bits per heavy atom. The molecule has 0 aliphatic carbocycles. The van der Waals surface area contributed by atoms with Gasteiger partial charge in [-0.25, -0.2) is 0 Å². The zero-order valence-corrected chi connectivity index (χ0v) is 8.62. The molecule has 1 atom stereocenters. The van der Waals surface area contributed by atoms with Crippen LogP contribution < -0.4 is 4.74 Å². The van der Waals surface area contributed by atoms with E-state index in [-0.39, 0.29) is 6.10 Å². The fraction of sp³-hybridized carbons (Fsp3) is 0.545. The van der Waals surface area contributed by atoms with E-state index < -0.39 is 0 Å². The van der Waals surface area contributed by atoms with Crippen LogP contribution in [0.4, 0.5) is 0 Å². The van der Waals surface area contributed by atoms with E-state index in [9.17, 15) is 0 Å². The van der Waals surface area contributed by atoms with Gasteiger partial charge in [0, 0.05) is 50.1 Å². The van der Waals surface area contributed by atoms with E-state index in [1.165, 1.54) is 5.56 Å². The van der Waals surface area contributed by atoms with Crippen molar-refractivity contribution in [2.24, 2.45) is 0 Å². The molecular weight excluding hydrogens is 178 g/mol. The third kappa shape index (κ3) is 1.73. The zero-order chi connectivity index (χ0) is 9.97. The first-order chi connectivity index (χ1) is 6.81. The van der Waals surface area contributed by atoms with Crippen molar-refractivity contribution < 1.29 is 9.47 Å². The van der Waals surface area contributed by atoms with Crippen LogP contribution in [0.1, 0.15) is 17.5 Å². The predicted octanol–water partition coefficient (Wildman–Crippen LogP) is 1.73. The number of aromatic nitrogens is 1. The Labute approximate surface area is 84.1 Å². The van der Waals surface area contributed by atoms with Gasteiger partial charge in [0.1, 0.15) is 11.9 Å². The van der Waals surface area contributed by atoms with Gasteiger partial charge in [-0.15, -0.1) is 0 Å². The number of ether oxygens (including phenoxy) is 2. The number of methoxy groups -OCH3 is 1. The van der Waals surface area contributed by atoms with Crippen molar-refractivity contribution in [1.29, 1.82) is 0 Å². The highest BCUT2D eigenvalue weighted by Crippen LogP contribution is 2.31. The fourth-order valence-electron chi connectivity index (χ4n) is 1.79. The highest BCUT2D eigenvalue weighted by molar-refractivity contribution is 5.41. The third-order valence-corrected chi connectivity index (χ3v) is 2.52. The van der Waals surface area contributed by atoms with Gasteiger partial charge in [-0.3, -0.25) is 4.98 Å². The number of hydrogen-bond acceptors (Lipinski definition) is 3. The van der Waals surface area contributed by atoms with E-state index in [1.54, 1.807) is 7.11 Å². The van der Waals surface area contributed by atoms with Gasteiger partial charge in [0.15, 0.2) is 0 Å². The lowest BCUT2D eigenvalue weighted by Crippen LogP contribution is -2.15. The summed E-state index contributed by atoms with van der Waals surface area (Å²) < 4.78 is 10.9. The minimum atomic E-state index is 0.271. The van der Waals surface area contributed by atoms with Crippen molar-refractivity contribution in [2.45, 2.75) is 25.9 Å². The first kappa shape index (κ1) is 9.46. The van der Waals surface area contributed by atoms with Crippen molar-refractivity contribution in [3.05, 3.63) is 23.5 Å². The summed E-state index contributed by atoms with van der Waals surface area (Å²) in [4.78, 5) is 4.16. The Morgan fingerprint density at radius 3 is 3.14 bits per heavy atom. The van der Waals surface area contributed by atoms with Crippen LogP contribution in [-0.4, -0.2) is 24.8 Å². The third-order valence-electron chi connectivity index (χ3n) is 2.52. The Hall–Kier alpha value is -1.09. The molecule has 2 heterocycles. The molecule has 0 fully saturated rings. The second-order valence-corrected chi connectivity index (χ2v) is 3.67. The molecule has 2 rings (SSSR count). The molecule has 1 aliphatic heterocycles. The van der Waals surface area contributed by atoms with Crippen LogP contribution in [0.5, 0.6) is 5.75 Å². The lowest BCUT2D eigenvalue weighted by Gasteiger charge is -2.09. The van der Waals surface area contributed by atoms with E-state index in [4.69, 9.17) is 9.47 Å². The van der Waals surface area contributed by atoms with Crippen molar-refractivity contribution >= 4 is 0 Å². The molecule has 0 amide bonds. The highest BCUT2D eigenvalue weighted by atomic mass is 16.5. The molecule has 1 aromatic rings. The highest BCUT2D eigenvalue weighted by Gasteiger charge is 2.23. The molecule has 0 radical (unpaired) electrons. The molecule has 0 spiro atoms. The number of rotatable bonds is 3. The Balaban J connectivity index is 2.06. The monoisotopic (exact) mass is 193 g/mol. The normalized spacial score (nSPS) is 19.1. The zero-order valence-electron chi connectivity index (χ0n) is 8.62. The smallest absolute Gasteiger partial charge is 0.129 e. The summed E-state index contributed by atoms with van der Waals surface area (Å²) in [6, 6.07) is 0. The van der Waals surface area contributed by atoms with Crippen molar-refractivity contribution in [3.63, 3.8) is 0 Å². The number of fused-ring (bicyclic) bond motifs is 1. The second-order valence-electron chi connectivity index (χ2n) is 3.67. The van der Waals surface area contributed by atoms with Gasteiger partial charge in [0.2, 0.25) is 0 Å². The molecule has 1 aromatic heterocycles. The van der Waals surface area contributed by atoms with Crippen LogP contribution in [-0.2, 0) is 11.2 Å². The summed E-state index contributed by atoms with van der Waals surface area (Å²) in [6.07, 6.45) is 5.93. The molecule has 0 N–H and O–H groups in total. The van der Waals surface area contributed by atoms with E-state index >= 15 is 0 Å². The van der Waals surface area contributed by atoms with E-state index in [2.05, 4.69) is 4.98 Å². The van der Waals surface area contributed by atoms with Gasteiger partial charge >= 0.3 is 0 Å². The SMILES string of the molecule is COCCC1Cc2cncc(C)c2O1. The maximum absolute atomic E-state index is 5.82. The number of hydrogen-bond donors (Lipinski definition) is 0. The summed E-state index contributed by atoms with van der Waals surface area (Å²) in [6.45, 7) is 2.79. The van der Waals surface area contributed by atoms with Crippen LogP contribution in [0.15, 0.2) is 12.4 Å². The van der Waals surface area contributed by atoms with Crippen molar-refractivity contribution in [2.75, 3.05) is 13.7 Å². The number of pyridine rings is 1. The minimum absolute atomic E-state index is 0.271. The average molecular weight is 193 g/mol. The summed E-state index contributed by atoms with van der Waals surface area (Å²) >= 11 is 0. The van der Waals surface area contributed by atoms with Gasteiger partial charge < -0.3 is 9.47 Å². The fourth-order valence-corrected chi connectivity index (χ4v) is 1.79. The molecule has 3 nitrogen and oxygen atoms in total. The minimum Gasteiger partial charge on any atom is -0.489 e. The molecule has 0 saturated carbocycles. The number of aryl methyl sites for hydroxylation is 1. The summed E-state index contributed by atoms with van der Waals surface area (Å²) in [5, 5.41) is 0. The lowest BCUT2D eigenvalue weighted by atomic mass is 10.1. The van der Waals surface area contributed by atoms with E-state index in [1.807, 2.05) is 19.3 Å². The molecule has 1 unspecified atom stereocenters. The molecule has 3 heteroatoms. The van der Waals surface area contributed by atoms with Crippen LogP contribution >= 0.6 is 0 Å². The first-order valence-corrected chi connectivity index (χ1v) is 4.90. The number of nitrogens with zero attached hydrogens (tertiary/aromatic N) is 1. The van der Waals surface area contributed by atoms with Gasteiger partial charge in [0.05, 0.1) is 0 Å². The van der Waals surface area contributed by atoms with Gasteiger partial charge in [-0.05, 0) is 6.92 Å².